The van der Waals surface area contributed by atoms with Gasteiger partial charge in [-0.25, -0.2) is 0 Å². The van der Waals surface area contributed by atoms with Crippen LogP contribution in [0.5, 0.6) is 0 Å². The Morgan fingerprint density at radius 2 is 1.82 bits per heavy atom. The van der Waals surface area contributed by atoms with Crippen LogP contribution in [0.4, 0.5) is 0 Å². The lowest BCUT2D eigenvalue weighted by Crippen LogP contribution is -2.21. The molecular weight excluding hydrogens is 216 g/mol. The summed E-state index contributed by atoms with van der Waals surface area (Å²) >= 11 is 0. The van der Waals surface area contributed by atoms with Crippen LogP contribution in [0.2, 0.25) is 0 Å². The lowest BCUT2D eigenvalue weighted by molar-refractivity contribution is 0.0847. The average Bonchev–Trinajstić information content (AvgIpc) is 2.77. The maximum Gasteiger partial charge on any atom is 0.241 e. The Bertz CT molecular complexity index is 525. The molecule has 0 unspecified atom stereocenters. The number of rotatable bonds is 2. The zero-order valence-electron chi connectivity index (χ0n) is 10.1. The normalized spacial score (nSPS) is 11.5. The van der Waals surface area contributed by atoms with E-state index in [1.165, 1.54) is 4.80 Å². The molecule has 0 bridgehead atoms. The summed E-state index contributed by atoms with van der Waals surface area (Å²) in [4.78, 5) is 13.3. The van der Waals surface area contributed by atoms with E-state index in [-0.39, 0.29) is 11.6 Å². The number of ketones is 1. The number of para-hydroxylation sites is 1. The Morgan fingerprint density at radius 3 is 2.41 bits per heavy atom. The van der Waals surface area contributed by atoms with E-state index < -0.39 is 5.41 Å². The van der Waals surface area contributed by atoms with Crippen LogP contribution in [0.3, 0.4) is 0 Å². The highest BCUT2D eigenvalue weighted by Crippen LogP contribution is 2.18. The summed E-state index contributed by atoms with van der Waals surface area (Å²) in [6.45, 7) is 5.50. The summed E-state index contributed by atoms with van der Waals surface area (Å²) in [7, 11) is 0. The van der Waals surface area contributed by atoms with Gasteiger partial charge in [0.1, 0.15) is 0 Å². The smallest absolute Gasteiger partial charge is 0.241 e. The van der Waals surface area contributed by atoms with Crippen molar-refractivity contribution in [2.75, 3.05) is 0 Å². The second-order valence-electron chi connectivity index (χ2n) is 4.82. The van der Waals surface area contributed by atoms with Crippen molar-refractivity contribution in [2.45, 2.75) is 20.8 Å². The van der Waals surface area contributed by atoms with E-state index in [1.807, 2.05) is 51.1 Å². The lowest BCUT2D eigenvalue weighted by Gasteiger charge is -2.12. The number of nitrogens with zero attached hydrogens (tertiary/aromatic N) is 4. The number of carbonyl (C=O) groups is 1. The average molecular weight is 230 g/mol. The van der Waals surface area contributed by atoms with E-state index in [2.05, 4.69) is 15.4 Å². The molecule has 17 heavy (non-hydrogen) atoms. The van der Waals surface area contributed by atoms with Gasteiger partial charge in [-0.2, -0.15) is 0 Å². The van der Waals surface area contributed by atoms with Crippen molar-refractivity contribution in [3.05, 3.63) is 36.2 Å². The van der Waals surface area contributed by atoms with Crippen LogP contribution >= 0.6 is 0 Å². The Hall–Kier alpha value is -2.04. The van der Waals surface area contributed by atoms with E-state index in [9.17, 15) is 4.79 Å². The van der Waals surface area contributed by atoms with Gasteiger partial charge in [0.15, 0.2) is 0 Å². The van der Waals surface area contributed by atoms with E-state index in [1.54, 1.807) is 0 Å². The summed E-state index contributed by atoms with van der Waals surface area (Å²) in [5.41, 5.74) is 0.290. The number of Topliss-reactive ketones (excluding diaryl/α,β-unsaturated/α-hetero) is 1. The van der Waals surface area contributed by atoms with Gasteiger partial charge >= 0.3 is 0 Å². The zero-order valence-corrected chi connectivity index (χ0v) is 10.1. The topological polar surface area (TPSA) is 60.7 Å². The first-order valence-electron chi connectivity index (χ1n) is 5.39. The summed E-state index contributed by atoms with van der Waals surface area (Å²) in [6, 6.07) is 9.37. The quantitative estimate of drug-likeness (QED) is 0.739. The molecule has 1 aromatic heterocycles. The van der Waals surface area contributed by atoms with Gasteiger partial charge in [0, 0.05) is 5.41 Å². The van der Waals surface area contributed by atoms with Crippen molar-refractivity contribution in [1.29, 1.82) is 0 Å². The largest absolute Gasteiger partial charge is 0.290 e. The molecular formula is C12H14N4O. The summed E-state index contributed by atoms with van der Waals surface area (Å²) < 4.78 is 0. The molecule has 88 valence electrons. The van der Waals surface area contributed by atoms with Crippen LogP contribution < -0.4 is 0 Å². The Balaban J connectivity index is 2.32. The molecule has 0 aliphatic rings. The fourth-order valence-electron chi connectivity index (χ4n) is 1.31. The Labute approximate surface area is 99.5 Å². The summed E-state index contributed by atoms with van der Waals surface area (Å²) in [5, 5.41) is 11.8. The minimum atomic E-state index is -0.495. The predicted octanol–water partition coefficient (Wildman–Crippen LogP) is 1.89. The lowest BCUT2D eigenvalue weighted by atomic mass is 9.90. The van der Waals surface area contributed by atoms with Crippen molar-refractivity contribution >= 4 is 5.78 Å². The van der Waals surface area contributed by atoms with E-state index in [0.717, 1.165) is 5.69 Å². The molecule has 1 aromatic carbocycles. The predicted molar refractivity (Wildman–Crippen MR) is 62.9 cm³/mol. The number of aromatic nitrogens is 4. The van der Waals surface area contributed by atoms with Crippen molar-refractivity contribution in [2.24, 2.45) is 5.41 Å². The highest BCUT2D eigenvalue weighted by atomic mass is 16.1. The molecule has 0 aliphatic heterocycles. The van der Waals surface area contributed by atoms with Gasteiger partial charge in [-0.05, 0) is 17.3 Å². The standard InChI is InChI=1S/C12H14N4O/c1-12(2,3)10(17)11-13-15-16(14-11)9-7-5-4-6-8-9/h4-8H,1-3H3. The first kappa shape index (κ1) is 11.4. The van der Waals surface area contributed by atoms with Crippen molar-refractivity contribution in [1.82, 2.24) is 20.2 Å². The second-order valence-corrected chi connectivity index (χ2v) is 4.82. The first-order chi connectivity index (χ1) is 7.98. The molecule has 0 N–H and O–H groups in total. The van der Waals surface area contributed by atoms with Crippen LogP contribution in [0.15, 0.2) is 30.3 Å². The summed E-state index contributed by atoms with van der Waals surface area (Å²) in [5.74, 6) is 0.0426. The number of hydrogen-bond donors (Lipinski definition) is 0. The molecule has 0 radical (unpaired) electrons. The zero-order chi connectivity index (χ0) is 12.5. The van der Waals surface area contributed by atoms with E-state index in [0.29, 0.717) is 0 Å². The van der Waals surface area contributed by atoms with Crippen molar-refractivity contribution in [3.8, 4) is 5.69 Å². The monoisotopic (exact) mass is 230 g/mol. The SMILES string of the molecule is CC(C)(C)C(=O)c1nnn(-c2ccccc2)n1. The molecule has 0 amide bonds. The molecule has 0 aliphatic carbocycles. The van der Waals surface area contributed by atoms with E-state index in [4.69, 9.17) is 0 Å². The maximum absolute atomic E-state index is 11.9. The van der Waals surface area contributed by atoms with Crippen molar-refractivity contribution in [3.63, 3.8) is 0 Å². The molecule has 0 saturated carbocycles. The molecule has 0 fully saturated rings. The van der Waals surface area contributed by atoms with Gasteiger partial charge < -0.3 is 0 Å². The van der Waals surface area contributed by atoms with Gasteiger partial charge in [-0.3, -0.25) is 4.79 Å². The highest BCUT2D eigenvalue weighted by molar-refractivity contribution is 5.96. The molecule has 2 rings (SSSR count). The number of carbonyl (C=O) groups excluding carboxylic acids is 1. The maximum atomic E-state index is 11.9. The third kappa shape index (κ3) is 2.38. The van der Waals surface area contributed by atoms with Crippen LogP contribution in [-0.2, 0) is 0 Å². The van der Waals surface area contributed by atoms with Gasteiger partial charge in [0.25, 0.3) is 0 Å². The van der Waals surface area contributed by atoms with Gasteiger partial charge in [-0.1, -0.05) is 39.0 Å². The molecule has 2 aromatic rings. The van der Waals surface area contributed by atoms with E-state index >= 15 is 0 Å². The molecule has 1 heterocycles. The minimum absolute atomic E-state index is 0.111. The molecule has 0 saturated heterocycles. The molecule has 0 atom stereocenters. The summed E-state index contributed by atoms with van der Waals surface area (Å²) in [6.07, 6.45) is 0. The molecule has 5 nitrogen and oxygen atoms in total. The number of hydrogen-bond acceptors (Lipinski definition) is 4. The number of benzene rings is 1. The van der Waals surface area contributed by atoms with Crippen LogP contribution in [0.1, 0.15) is 31.4 Å². The molecule has 0 spiro atoms. The third-order valence-corrected chi connectivity index (χ3v) is 2.29. The van der Waals surface area contributed by atoms with Crippen LogP contribution in [-0.4, -0.2) is 26.0 Å². The van der Waals surface area contributed by atoms with Crippen LogP contribution in [0, 0.1) is 5.41 Å². The Morgan fingerprint density at radius 1 is 1.18 bits per heavy atom. The fourth-order valence-corrected chi connectivity index (χ4v) is 1.31. The number of tetrazole rings is 1. The fraction of sp³-hybridized carbons (Fsp3) is 0.333. The highest BCUT2D eigenvalue weighted by Gasteiger charge is 2.27. The molecule has 5 heteroatoms. The minimum Gasteiger partial charge on any atom is -0.290 e. The van der Waals surface area contributed by atoms with Gasteiger partial charge in [0.05, 0.1) is 5.69 Å². The first-order valence-corrected chi connectivity index (χ1v) is 5.39. The van der Waals surface area contributed by atoms with Gasteiger partial charge in [0.2, 0.25) is 11.6 Å². The second kappa shape index (κ2) is 4.08. The third-order valence-electron chi connectivity index (χ3n) is 2.29. The van der Waals surface area contributed by atoms with Gasteiger partial charge in [-0.15, -0.1) is 15.0 Å². The van der Waals surface area contributed by atoms with Crippen LogP contribution in [0.25, 0.3) is 5.69 Å². The Kier molecular flexibility index (Phi) is 2.75. The van der Waals surface area contributed by atoms with Crippen molar-refractivity contribution < 1.29 is 4.79 Å².